The molecule has 1 aliphatic rings. The quantitative estimate of drug-likeness (QED) is 0.885. The van der Waals surface area contributed by atoms with Crippen molar-refractivity contribution in [3.05, 3.63) is 39.9 Å². The zero-order valence-electron chi connectivity index (χ0n) is 9.00. The van der Waals surface area contributed by atoms with Gasteiger partial charge in [0, 0.05) is 10.0 Å². The summed E-state index contributed by atoms with van der Waals surface area (Å²) in [6.07, 6.45) is 6.79. The van der Waals surface area contributed by atoms with E-state index in [1.807, 2.05) is 12.1 Å². The van der Waals surface area contributed by atoms with Gasteiger partial charge in [-0.25, -0.2) is 0 Å². The van der Waals surface area contributed by atoms with Crippen LogP contribution >= 0.6 is 15.9 Å². The Morgan fingerprint density at radius 2 is 2.12 bits per heavy atom. The number of hydrogen-bond donors (Lipinski definition) is 1. The highest BCUT2D eigenvalue weighted by molar-refractivity contribution is 9.10. The number of rotatable bonds is 2. The second-order valence-corrected chi connectivity index (χ2v) is 4.94. The molecular weight excluding hydrogens is 266 g/mol. The normalized spacial score (nSPS) is 15.7. The minimum Gasteiger partial charge on any atom is -0.366 e. The van der Waals surface area contributed by atoms with Gasteiger partial charge in [-0.15, -0.1) is 0 Å². The summed E-state index contributed by atoms with van der Waals surface area (Å²) in [5.41, 5.74) is 8.25. The molecule has 0 heterocycles. The Kier molecular flexibility index (Phi) is 3.44. The van der Waals surface area contributed by atoms with Crippen LogP contribution in [0.1, 0.15) is 41.6 Å². The molecule has 1 aromatic rings. The number of primary amides is 1. The van der Waals surface area contributed by atoms with Gasteiger partial charge in [0.1, 0.15) is 0 Å². The molecule has 0 bridgehead atoms. The van der Waals surface area contributed by atoms with Crippen LogP contribution in [0.25, 0.3) is 5.57 Å². The lowest BCUT2D eigenvalue weighted by atomic mass is 9.90. The SMILES string of the molecule is NC(=O)c1ccc(Br)cc1C1=CCCCC1. The van der Waals surface area contributed by atoms with Gasteiger partial charge in [-0.1, -0.05) is 22.0 Å². The minimum absolute atomic E-state index is 0.353. The van der Waals surface area contributed by atoms with E-state index in [0.29, 0.717) is 5.56 Å². The van der Waals surface area contributed by atoms with Crippen molar-refractivity contribution in [3.8, 4) is 0 Å². The van der Waals surface area contributed by atoms with E-state index in [1.54, 1.807) is 6.07 Å². The van der Waals surface area contributed by atoms with Crippen LogP contribution in [0.15, 0.2) is 28.7 Å². The van der Waals surface area contributed by atoms with Gasteiger partial charge in [0.25, 0.3) is 0 Å². The Morgan fingerprint density at radius 1 is 1.31 bits per heavy atom. The molecule has 1 amide bonds. The Hall–Kier alpha value is -1.09. The molecule has 3 heteroatoms. The molecular formula is C13H14BrNO. The molecule has 0 radical (unpaired) electrons. The lowest BCUT2D eigenvalue weighted by Gasteiger charge is -2.15. The maximum atomic E-state index is 11.4. The Morgan fingerprint density at radius 3 is 2.75 bits per heavy atom. The monoisotopic (exact) mass is 279 g/mol. The standard InChI is InChI=1S/C13H14BrNO/c14-10-6-7-11(13(15)16)12(8-10)9-4-2-1-3-5-9/h4,6-8H,1-3,5H2,(H2,15,16). The van der Waals surface area contributed by atoms with E-state index in [9.17, 15) is 4.79 Å². The third-order valence-electron chi connectivity index (χ3n) is 2.88. The Labute approximate surface area is 104 Å². The molecule has 1 aliphatic carbocycles. The third-order valence-corrected chi connectivity index (χ3v) is 3.38. The molecule has 2 N–H and O–H groups in total. The van der Waals surface area contributed by atoms with Gasteiger partial charge in [-0.3, -0.25) is 4.79 Å². The van der Waals surface area contributed by atoms with Crippen LogP contribution < -0.4 is 5.73 Å². The lowest BCUT2D eigenvalue weighted by molar-refractivity contribution is 0.1000. The second kappa shape index (κ2) is 4.83. The highest BCUT2D eigenvalue weighted by Gasteiger charge is 2.14. The molecule has 84 valence electrons. The first-order valence-corrected chi connectivity index (χ1v) is 6.26. The number of benzene rings is 1. The number of allylic oxidation sites excluding steroid dienone is 2. The van der Waals surface area contributed by atoms with Crippen LogP contribution in [0.5, 0.6) is 0 Å². The zero-order valence-corrected chi connectivity index (χ0v) is 10.6. The smallest absolute Gasteiger partial charge is 0.249 e. The molecule has 16 heavy (non-hydrogen) atoms. The van der Waals surface area contributed by atoms with E-state index in [-0.39, 0.29) is 5.91 Å². The van der Waals surface area contributed by atoms with Crippen molar-refractivity contribution in [2.24, 2.45) is 5.73 Å². The van der Waals surface area contributed by atoms with Crippen molar-refractivity contribution in [1.82, 2.24) is 0 Å². The minimum atomic E-state index is -0.353. The number of hydrogen-bond acceptors (Lipinski definition) is 1. The van der Waals surface area contributed by atoms with Crippen molar-refractivity contribution in [2.45, 2.75) is 25.7 Å². The molecule has 2 rings (SSSR count). The van der Waals surface area contributed by atoms with Crippen molar-refractivity contribution in [2.75, 3.05) is 0 Å². The van der Waals surface area contributed by atoms with Gasteiger partial charge in [-0.05, 0) is 55.0 Å². The highest BCUT2D eigenvalue weighted by atomic mass is 79.9. The summed E-state index contributed by atoms with van der Waals surface area (Å²) in [6.45, 7) is 0. The van der Waals surface area contributed by atoms with Crippen LogP contribution in [0.2, 0.25) is 0 Å². The second-order valence-electron chi connectivity index (χ2n) is 4.03. The van der Waals surface area contributed by atoms with Gasteiger partial charge < -0.3 is 5.73 Å². The molecule has 0 saturated heterocycles. The lowest BCUT2D eigenvalue weighted by Crippen LogP contribution is -2.13. The number of halogens is 1. The number of amides is 1. The topological polar surface area (TPSA) is 43.1 Å². The molecule has 0 atom stereocenters. The van der Waals surface area contributed by atoms with Crippen molar-refractivity contribution in [3.63, 3.8) is 0 Å². The largest absolute Gasteiger partial charge is 0.366 e. The zero-order chi connectivity index (χ0) is 11.5. The van der Waals surface area contributed by atoms with Gasteiger partial charge >= 0.3 is 0 Å². The fourth-order valence-electron chi connectivity index (χ4n) is 2.08. The number of nitrogens with two attached hydrogens (primary N) is 1. The summed E-state index contributed by atoms with van der Waals surface area (Å²) in [4.78, 5) is 11.4. The first-order valence-electron chi connectivity index (χ1n) is 5.47. The van der Waals surface area contributed by atoms with Gasteiger partial charge in [0.2, 0.25) is 5.91 Å². The van der Waals surface area contributed by atoms with Gasteiger partial charge in [0.05, 0.1) is 0 Å². The van der Waals surface area contributed by atoms with Gasteiger partial charge in [-0.2, -0.15) is 0 Å². The molecule has 0 fully saturated rings. The van der Waals surface area contributed by atoms with Crippen LogP contribution in [-0.4, -0.2) is 5.91 Å². The molecule has 0 saturated carbocycles. The highest BCUT2D eigenvalue weighted by Crippen LogP contribution is 2.30. The number of carbonyl (C=O) groups is 1. The van der Waals surface area contributed by atoms with E-state index in [2.05, 4.69) is 22.0 Å². The molecule has 2 nitrogen and oxygen atoms in total. The number of carbonyl (C=O) groups excluding carboxylic acids is 1. The van der Waals surface area contributed by atoms with Crippen LogP contribution in [0.4, 0.5) is 0 Å². The van der Waals surface area contributed by atoms with Crippen molar-refractivity contribution >= 4 is 27.4 Å². The van der Waals surface area contributed by atoms with E-state index < -0.39 is 0 Å². The molecule has 0 unspecified atom stereocenters. The van der Waals surface area contributed by atoms with Crippen molar-refractivity contribution in [1.29, 1.82) is 0 Å². The summed E-state index contributed by atoms with van der Waals surface area (Å²) in [7, 11) is 0. The average molecular weight is 280 g/mol. The summed E-state index contributed by atoms with van der Waals surface area (Å²) < 4.78 is 0.985. The Balaban J connectivity index is 2.48. The van der Waals surface area contributed by atoms with E-state index >= 15 is 0 Å². The maximum absolute atomic E-state index is 11.4. The van der Waals surface area contributed by atoms with Crippen molar-refractivity contribution < 1.29 is 4.79 Å². The third kappa shape index (κ3) is 2.35. The van der Waals surface area contributed by atoms with Gasteiger partial charge in [0.15, 0.2) is 0 Å². The fraction of sp³-hybridized carbons (Fsp3) is 0.308. The van der Waals surface area contributed by atoms with Crippen LogP contribution in [-0.2, 0) is 0 Å². The first-order chi connectivity index (χ1) is 7.68. The summed E-state index contributed by atoms with van der Waals surface area (Å²) >= 11 is 3.43. The predicted molar refractivity (Wildman–Crippen MR) is 69.1 cm³/mol. The molecule has 0 aromatic heterocycles. The molecule has 1 aromatic carbocycles. The van der Waals surface area contributed by atoms with E-state index in [0.717, 1.165) is 22.9 Å². The van der Waals surface area contributed by atoms with E-state index in [1.165, 1.54) is 18.4 Å². The summed E-state index contributed by atoms with van der Waals surface area (Å²) in [5, 5.41) is 0. The predicted octanol–water partition coefficient (Wildman–Crippen LogP) is 3.51. The van der Waals surface area contributed by atoms with Crippen LogP contribution in [0, 0.1) is 0 Å². The molecule has 0 spiro atoms. The maximum Gasteiger partial charge on any atom is 0.249 e. The fourth-order valence-corrected chi connectivity index (χ4v) is 2.44. The molecule has 0 aliphatic heterocycles. The summed E-state index contributed by atoms with van der Waals surface area (Å²) in [5.74, 6) is -0.353. The first kappa shape index (κ1) is 11.4. The summed E-state index contributed by atoms with van der Waals surface area (Å²) in [6, 6.07) is 5.63. The average Bonchev–Trinajstić information content (AvgIpc) is 2.29. The van der Waals surface area contributed by atoms with E-state index in [4.69, 9.17) is 5.73 Å². The Bertz CT molecular complexity index is 451. The van der Waals surface area contributed by atoms with Crippen LogP contribution in [0.3, 0.4) is 0 Å².